The van der Waals surface area contributed by atoms with Crippen LogP contribution in [-0.2, 0) is 27.1 Å². The van der Waals surface area contributed by atoms with Crippen molar-refractivity contribution >= 4 is 23.4 Å². The number of amides is 3. The summed E-state index contributed by atoms with van der Waals surface area (Å²) < 4.78 is 39.7. The highest BCUT2D eigenvalue weighted by Gasteiger charge is 2.40. The number of para-hydroxylation sites is 1. The number of nitrogens with two attached hydrogens (primary N) is 1. The van der Waals surface area contributed by atoms with Gasteiger partial charge in [0.1, 0.15) is 6.04 Å². The standard InChI is InChI=1S/C42H44F3N3O3/c1-2-3-15-35(39(46)49)36(25-27-11-4-5-12-27)40(50)47-38-34-18-7-6-16-32(34)33-17-8-9-19-37(33)48(41(38)51)26-28-13-10-14-30(24-28)29-20-22-31(23-21-29)42(43,44)45/h6-10,13-14,16-24,27,35-36,38H,2-5,11-12,15,25-26H2,1H3,(H2,46,49)(H,47,50)/t35-,36+,38?/m0/s1. The van der Waals surface area contributed by atoms with Gasteiger partial charge in [-0.15, -0.1) is 0 Å². The lowest BCUT2D eigenvalue weighted by atomic mass is 9.79. The van der Waals surface area contributed by atoms with E-state index >= 15 is 0 Å². The van der Waals surface area contributed by atoms with Gasteiger partial charge in [-0.3, -0.25) is 14.4 Å². The molecular formula is C42H44F3N3O3. The highest BCUT2D eigenvalue weighted by atomic mass is 19.4. The van der Waals surface area contributed by atoms with E-state index in [2.05, 4.69) is 5.32 Å². The molecule has 0 radical (unpaired) electrons. The average molecular weight is 696 g/mol. The first-order valence-corrected chi connectivity index (χ1v) is 17.9. The first-order valence-electron chi connectivity index (χ1n) is 17.9. The SMILES string of the molecule is CCCC[C@H](C(N)=O)[C@@H](CC1CCCC1)C(=O)NC1C(=O)N(Cc2cccc(-c3ccc(C(F)(F)F)cc3)c2)c2ccccc2-c2ccccc21. The molecule has 6 nitrogen and oxygen atoms in total. The molecule has 2 aliphatic rings. The van der Waals surface area contributed by atoms with Gasteiger partial charge in [-0.2, -0.15) is 13.2 Å². The number of nitrogens with one attached hydrogen (secondary N) is 1. The Kier molecular flexibility index (Phi) is 10.9. The van der Waals surface area contributed by atoms with Crippen molar-refractivity contribution in [1.29, 1.82) is 0 Å². The fourth-order valence-electron chi connectivity index (χ4n) is 7.80. The van der Waals surface area contributed by atoms with E-state index in [1.54, 1.807) is 4.90 Å². The molecule has 3 atom stereocenters. The molecule has 1 fully saturated rings. The van der Waals surface area contributed by atoms with Crippen LogP contribution in [0, 0.1) is 17.8 Å². The van der Waals surface area contributed by atoms with Gasteiger partial charge >= 0.3 is 6.18 Å². The molecular weight excluding hydrogens is 651 g/mol. The molecule has 1 unspecified atom stereocenters. The number of rotatable bonds is 12. The zero-order chi connectivity index (χ0) is 36.1. The number of alkyl halides is 3. The van der Waals surface area contributed by atoms with Crippen LogP contribution in [0.25, 0.3) is 22.3 Å². The Bertz CT molecular complexity index is 1870. The fraction of sp³-hybridized carbons (Fsp3) is 0.357. The molecule has 0 bridgehead atoms. The van der Waals surface area contributed by atoms with Crippen LogP contribution in [0.5, 0.6) is 0 Å². The van der Waals surface area contributed by atoms with Crippen molar-refractivity contribution < 1.29 is 27.6 Å². The Morgan fingerprint density at radius 3 is 2.24 bits per heavy atom. The van der Waals surface area contributed by atoms with Gasteiger partial charge < -0.3 is 16.0 Å². The van der Waals surface area contributed by atoms with Gasteiger partial charge in [-0.05, 0) is 70.8 Å². The van der Waals surface area contributed by atoms with Crippen LogP contribution in [0.3, 0.4) is 0 Å². The van der Waals surface area contributed by atoms with E-state index < -0.39 is 35.5 Å². The number of carbonyl (C=O) groups excluding carboxylic acids is 3. The Hall–Kier alpha value is -4.92. The maximum Gasteiger partial charge on any atom is 0.416 e. The number of hydrogen-bond donors (Lipinski definition) is 2. The number of unbranched alkanes of at least 4 members (excludes halogenated alkanes) is 1. The number of primary amides is 1. The summed E-state index contributed by atoms with van der Waals surface area (Å²) in [6.45, 7) is 2.19. The molecule has 0 saturated heterocycles. The summed E-state index contributed by atoms with van der Waals surface area (Å²) >= 11 is 0. The van der Waals surface area contributed by atoms with Crippen molar-refractivity contribution in [1.82, 2.24) is 5.32 Å². The van der Waals surface area contributed by atoms with E-state index in [1.807, 2.05) is 79.7 Å². The molecule has 1 aliphatic heterocycles. The van der Waals surface area contributed by atoms with Gasteiger partial charge in [0, 0.05) is 17.4 Å². The Balaban J connectivity index is 1.36. The molecule has 3 N–H and O–H groups in total. The molecule has 1 saturated carbocycles. The molecule has 3 amide bonds. The van der Waals surface area contributed by atoms with Crippen molar-refractivity contribution in [2.75, 3.05) is 4.90 Å². The number of anilines is 1. The number of benzene rings is 4. The van der Waals surface area contributed by atoms with Gasteiger partial charge in [0.2, 0.25) is 11.8 Å². The van der Waals surface area contributed by atoms with Crippen molar-refractivity contribution in [2.24, 2.45) is 23.5 Å². The average Bonchev–Trinajstić information content (AvgIpc) is 3.62. The van der Waals surface area contributed by atoms with Crippen LogP contribution < -0.4 is 16.0 Å². The quantitative estimate of drug-likeness (QED) is 0.155. The number of halogens is 3. The first kappa shape index (κ1) is 35.9. The Labute approximate surface area is 297 Å². The van der Waals surface area contributed by atoms with Crippen LogP contribution in [0.1, 0.15) is 81.0 Å². The van der Waals surface area contributed by atoms with Crippen LogP contribution >= 0.6 is 0 Å². The predicted molar refractivity (Wildman–Crippen MR) is 193 cm³/mol. The third kappa shape index (κ3) is 8.03. The summed E-state index contributed by atoms with van der Waals surface area (Å²) in [5, 5.41) is 3.13. The third-order valence-corrected chi connectivity index (χ3v) is 10.5. The van der Waals surface area contributed by atoms with Crippen molar-refractivity contribution in [3.05, 3.63) is 114 Å². The van der Waals surface area contributed by atoms with E-state index in [9.17, 15) is 27.6 Å². The fourth-order valence-corrected chi connectivity index (χ4v) is 7.80. The minimum atomic E-state index is -4.43. The van der Waals surface area contributed by atoms with E-state index in [0.29, 0.717) is 41.1 Å². The number of fused-ring (bicyclic) bond motifs is 3. The minimum absolute atomic E-state index is 0.149. The lowest BCUT2D eigenvalue weighted by Crippen LogP contribution is -2.47. The lowest BCUT2D eigenvalue weighted by Gasteiger charge is -2.30. The van der Waals surface area contributed by atoms with Crippen LogP contribution in [0.15, 0.2) is 97.1 Å². The first-order chi connectivity index (χ1) is 24.5. The maximum atomic E-state index is 14.9. The van der Waals surface area contributed by atoms with E-state index in [0.717, 1.165) is 67.3 Å². The van der Waals surface area contributed by atoms with Gasteiger partial charge in [0.15, 0.2) is 0 Å². The molecule has 1 aliphatic carbocycles. The molecule has 51 heavy (non-hydrogen) atoms. The van der Waals surface area contributed by atoms with Crippen LogP contribution in [0.4, 0.5) is 18.9 Å². The van der Waals surface area contributed by atoms with Gasteiger partial charge in [0.05, 0.1) is 17.8 Å². The summed E-state index contributed by atoms with van der Waals surface area (Å²) in [6, 6.07) is 26.5. The smallest absolute Gasteiger partial charge is 0.369 e. The number of hydrogen-bond acceptors (Lipinski definition) is 3. The minimum Gasteiger partial charge on any atom is -0.369 e. The van der Waals surface area contributed by atoms with Crippen molar-refractivity contribution in [3.8, 4) is 22.3 Å². The second-order valence-corrected chi connectivity index (χ2v) is 13.9. The number of carbonyl (C=O) groups is 3. The van der Waals surface area contributed by atoms with Crippen molar-refractivity contribution in [3.63, 3.8) is 0 Å². The van der Waals surface area contributed by atoms with Crippen molar-refractivity contribution in [2.45, 2.75) is 77.1 Å². The highest BCUT2D eigenvalue weighted by molar-refractivity contribution is 6.06. The molecule has 0 aromatic heterocycles. The second kappa shape index (κ2) is 15.5. The molecule has 6 rings (SSSR count). The summed E-state index contributed by atoms with van der Waals surface area (Å²) in [6.07, 6.45) is 2.45. The summed E-state index contributed by atoms with van der Waals surface area (Å²) in [7, 11) is 0. The van der Waals surface area contributed by atoms with Gasteiger partial charge in [-0.1, -0.05) is 118 Å². The topological polar surface area (TPSA) is 92.5 Å². The number of nitrogens with zero attached hydrogens (tertiary/aromatic N) is 1. The monoisotopic (exact) mass is 695 g/mol. The molecule has 266 valence electrons. The Morgan fingerprint density at radius 1 is 0.863 bits per heavy atom. The third-order valence-electron chi connectivity index (χ3n) is 10.5. The normalized spacial score (nSPS) is 17.3. The molecule has 0 spiro atoms. The van der Waals surface area contributed by atoms with Gasteiger partial charge in [-0.25, -0.2) is 0 Å². The van der Waals surface area contributed by atoms with E-state index in [1.165, 1.54) is 12.1 Å². The molecule has 9 heteroatoms. The molecule has 4 aromatic carbocycles. The van der Waals surface area contributed by atoms with Crippen LogP contribution in [-0.4, -0.2) is 17.7 Å². The molecule has 1 heterocycles. The highest BCUT2D eigenvalue weighted by Crippen LogP contribution is 2.42. The second-order valence-electron chi connectivity index (χ2n) is 13.9. The van der Waals surface area contributed by atoms with E-state index in [4.69, 9.17) is 5.73 Å². The summed E-state index contributed by atoms with van der Waals surface area (Å²) in [5.41, 5.74) is 10.3. The molecule has 4 aromatic rings. The Morgan fingerprint density at radius 2 is 1.55 bits per heavy atom. The zero-order valence-electron chi connectivity index (χ0n) is 28.8. The predicted octanol–water partition coefficient (Wildman–Crippen LogP) is 9.23. The van der Waals surface area contributed by atoms with Gasteiger partial charge in [0.25, 0.3) is 5.91 Å². The maximum absolute atomic E-state index is 14.9. The zero-order valence-corrected chi connectivity index (χ0v) is 28.8. The summed E-state index contributed by atoms with van der Waals surface area (Å²) in [5.74, 6) is -2.13. The van der Waals surface area contributed by atoms with E-state index in [-0.39, 0.29) is 18.4 Å². The summed E-state index contributed by atoms with van der Waals surface area (Å²) in [4.78, 5) is 43.8. The largest absolute Gasteiger partial charge is 0.416 e. The lowest BCUT2D eigenvalue weighted by molar-refractivity contribution is -0.137. The van der Waals surface area contributed by atoms with Crippen LogP contribution in [0.2, 0.25) is 0 Å².